The van der Waals surface area contributed by atoms with Crippen LogP contribution in [-0.4, -0.2) is 18.7 Å². The molecule has 3 rings (SSSR count). The number of benzene rings is 2. The van der Waals surface area contributed by atoms with Gasteiger partial charge in [-0.15, -0.1) is 0 Å². The number of aromatic nitrogens is 1. The van der Waals surface area contributed by atoms with Gasteiger partial charge in [0.1, 0.15) is 5.76 Å². The summed E-state index contributed by atoms with van der Waals surface area (Å²) in [5.41, 5.74) is 1.79. The van der Waals surface area contributed by atoms with Crippen LogP contribution in [0.2, 0.25) is 0 Å². The lowest BCUT2D eigenvalue weighted by molar-refractivity contribution is 0.400. The Labute approximate surface area is 169 Å². The summed E-state index contributed by atoms with van der Waals surface area (Å²) >= 11 is 5.34. The van der Waals surface area contributed by atoms with Crippen molar-refractivity contribution in [3.63, 3.8) is 0 Å². The average molecular weight is 417 g/mol. The molecule has 9 heteroatoms. The van der Waals surface area contributed by atoms with Gasteiger partial charge < -0.3 is 15.2 Å². The Morgan fingerprint density at radius 3 is 2.39 bits per heavy atom. The molecule has 3 aromatic rings. The maximum absolute atomic E-state index is 12.4. The van der Waals surface area contributed by atoms with Crippen molar-refractivity contribution in [1.29, 1.82) is 0 Å². The zero-order chi connectivity index (χ0) is 20.1. The molecule has 1 unspecified atom stereocenters. The first-order chi connectivity index (χ1) is 13.3. The van der Waals surface area contributed by atoms with E-state index in [1.54, 1.807) is 19.1 Å². The molecule has 0 fully saturated rings. The maximum Gasteiger partial charge on any atom is 0.263 e. The third kappa shape index (κ3) is 5.08. The highest BCUT2D eigenvalue weighted by molar-refractivity contribution is 7.92. The minimum Gasteiger partial charge on any atom is -0.360 e. The highest BCUT2D eigenvalue weighted by atomic mass is 32.2. The summed E-state index contributed by atoms with van der Waals surface area (Å²) in [6.07, 6.45) is 0. The molecule has 0 radical (unpaired) electrons. The first kappa shape index (κ1) is 19.8. The first-order valence-corrected chi connectivity index (χ1v) is 10.4. The summed E-state index contributed by atoms with van der Waals surface area (Å²) in [6.45, 7) is 3.69. The SMILES string of the molecule is Cc1cc(NS(=O)(=O)c2ccc(NC(=S)NC(C)c3ccccc3)cc2)no1. The molecular weight excluding hydrogens is 396 g/mol. The van der Waals surface area contributed by atoms with Crippen LogP contribution in [0.15, 0.2) is 70.1 Å². The quantitative estimate of drug-likeness (QED) is 0.526. The van der Waals surface area contributed by atoms with Crippen LogP contribution < -0.4 is 15.4 Å². The van der Waals surface area contributed by atoms with E-state index in [4.69, 9.17) is 16.7 Å². The minimum atomic E-state index is -3.75. The maximum atomic E-state index is 12.4. The molecule has 7 nitrogen and oxygen atoms in total. The van der Waals surface area contributed by atoms with Gasteiger partial charge in [0, 0.05) is 11.8 Å². The summed E-state index contributed by atoms with van der Waals surface area (Å²) < 4.78 is 32.0. The molecule has 0 aliphatic heterocycles. The fourth-order valence-electron chi connectivity index (χ4n) is 2.52. The van der Waals surface area contributed by atoms with Crippen LogP contribution in [0.3, 0.4) is 0 Å². The molecule has 1 atom stereocenters. The Morgan fingerprint density at radius 2 is 1.79 bits per heavy atom. The molecule has 0 aliphatic carbocycles. The van der Waals surface area contributed by atoms with Crippen LogP contribution in [0, 0.1) is 6.92 Å². The second-order valence-corrected chi connectivity index (χ2v) is 8.27. The van der Waals surface area contributed by atoms with Crippen molar-refractivity contribution >= 4 is 38.9 Å². The summed E-state index contributed by atoms with van der Waals surface area (Å²) in [5.74, 6) is 0.656. The summed E-state index contributed by atoms with van der Waals surface area (Å²) in [6, 6.07) is 17.7. The molecule has 0 saturated carbocycles. The van der Waals surface area contributed by atoms with Gasteiger partial charge in [-0.2, -0.15) is 0 Å². The van der Waals surface area contributed by atoms with Crippen LogP contribution in [0.1, 0.15) is 24.3 Å². The van der Waals surface area contributed by atoms with Crippen molar-refractivity contribution in [3.8, 4) is 0 Å². The lowest BCUT2D eigenvalue weighted by Crippen LogP contribution is -2.30. The Kier molecular flexibility index (Phi) is 5.96. The minimum absolute atomic E-state index is 0.0379. The number of hydrogen-bond acceptors (Lipinski definition) is 5. The fourth-order valence-corrected chi connectivity index (χ4v) is 3.80. The lowest BCUT2D eigenvalue weighted by atomic mass is 10.1. The van der Waals surface area contributed by atoms with E-state index in [-0.39, 0.29) is 16.8 Å². The van der Waals surface area contributed by atoms with Crippen molar-refractivity contribution < 1.29 is 12.9 Å². The van der Waals surface area contributed by atoms with E-state index in [0.717, 1.165) is 5.56 Å². The lowest BCUT2D eigenvalue weighted by Gasteiger charge is -2.17. The number of rotatable bonds is 6. The Bertz CT molecular complexity index is 1050. The number of thiocarbonyl (C=S) groups is 1. The van der Waals surface area contributed by atoms with E-state index >= 15 is 0 Å². The number of aryl methyl sites for hydroxylation is 1. The van der Waals surface area contributed by atoms with Gasteiger partial charge in [-0.05, 0) is 55.9 Å². The Balaban J connectivity index is 1.61. The number of nitrogens with one attached hydrogen (secondary N) is 3. The van der Waals surface area contributed by atoms with Crippen molar-refractivity contribution in [1.82, 2.24) is 10.5 Å². The smallest absolute Gasteiger partial charge is 0.263 e. The average Bonchev–Trinajstić information content (AvgIpc) is 3.06. The standard InChI is InChI=1S/C19H20N4O3S2/c1-13-12-18(22-26-13)23-28(24,25)17-10-8-16(9-11-17)21-19(27)20-14(2)15-6-4-3-5-7-15/h3-12,14H,1-2H3,(H,22,23)(H2,20,21,27). The van der Waals surface area contributed by atoms with Crippen LogP contribution in [-0.2, 0) is 10.0 Å². The van der Waals surface area contributed by atoms with Crippen LogP contribution in [0.5, 0.6) is 0 Å². The van der Waals surface area contributed by atoms with Crippen molar-refractivity contribution in [2.45, 2.75) is 24.8 Å². The molecule has 1 aromatic heterocycles. The Morgan fingerprint density at radius 1 is 1.11 bits per heavy atom. The molecule has 0 saturated heterocycles. The van der Waals surface area contributed by atoms with Crippen molar-refractivity contribution in [2.75, 3.05) is 10.0 Å². The second-order valence-electron chi connectivity index (χ2n) is 6.18. The molecule has 2 aromatic carbocycles. The number of anilines is 2. The third-order valence-electron chi connectivity index (χ3n) is 3.94. The molecule has 0 amide bonds. The molecule has 0 bridgehead atoms. The molecule has 3 N–H and O–H groups in total. The molecule has 0 aliphatic rings. The van der Waals surface area contributed by atoms with Gasteiger partial charge in [0.2, 0.25) is 0 Å². The Hall–Kier alpha value is -2.91. The highest BCUT2D eigenvalue weighted by Crippen LogP contribution is 2.18. The zero-order valence-corrected chi connectivity index (χ0v) is 17.0. The van der Waals surface area contributed by atoms with Gasteiger partial charge >= 0.3 is 0 Å². The number of hydrogen-bond donors (Lipinski definition) is 3. The number of nitrogens with zero attached hydrogens (tertiary/aromatic N) is 1. The van der Waals surface area contributed by atoms with E-state index in [0.29, 0.717) is 16.6 Å². The summed E-state index contributed by atoms with van der Waals surface area (Å²) in [4.78, 5) is 0.107. The van der Waals surface area contributed by atoms with Gasteiger partial charge in [-0.1, -0.05) is 35.5 Å². The van der Waals surface area contributed by atoms with E-state index < -0.39 is 10.0 Å². The molecule has 1 heterocycles. The van der Waals surface area contributed by atoms with Gasteiger partial charge in [0.05, 0.1) is 10.9 Å². The van der Waals surface area contributed by atoms with Crippen LogP contribution >= 0.6 is 12.2 Å². The summed E-state index contributed by atoms with van der Waals surface area (Å²) in [7, 11) is -3.75. The van der Waals surface area contributed by atoms with Crippen molar-refractivity contribution in [2.24, 2.45) is 0 Å². The van der Waals surface area contributed by atoms with Gasteiger partial charge in [-0.25, -0.2) is 8.42 Å². The molecule has 28 heavy (non-hydrogen) atoms. The molecule has 0 spiro atoms. The monoisotopic (exact) mass is 416 g/mol. The van der Waals surface area contributed by atoms with Crippen LogP contribution in [0.4, 0.5) is 11.5 Å². The highest BCUT2D eigenvalue weighted by Gasteiger charge is 2.16. The zero-order valence-electron chi connectivity index (χ0n) is 15.3. The van der Waals surface area contributed by atoms with Gasteiger partial charge in [0.15, 0.2) is 10.9 Å². The largest absolute Gasteiger partial charge is 0.360 e. The predicted octanol–water partition coefficient (Wildman–Crippen LogP) is 3.83. The van der Waals surface area contributed by atoms with E-state index in [2.05, 4.69) is 20.5 Å². The van der Waals surface area contributed by atoms with Crippen molar-refractivity contribution in [3.05, 3.63) is 72.0 Å². The van der Waals surface area contributed by atoms with Crippen LogP contribution in [0.25, 0.3) is 0 Å². The van der Waals surface area contributed by atoms with E-state index in [1.165, 1.54) is 18.2 Å². The van der Waals surface area contributed by atoms with Gasteiger partial charge in [-0.3, -0.25) is 4.72 Å². The first-order valence-electron chi connectivity index (χ1n) is 8.52. The van der Waals surface area contributed by atoms with Gasteiger partial charge in [0.25, 0.3) is 10.0 Å². The topological polar surface area (TPSA) is 96.3 Å². The predicted molar refractivity (Wildman–Crippen MR) is 113 cm³/mol. The molecule has 146 valence electrons. The summed E-state index contributed by atoms with van der Waals surface area (Å²) in [5, 5.41) is 10.3. The normalized spacial score (nSPS) is 12.2. The molecular formula is C19H20N4O3S2. The fraction of sp³-hybridized carbons (Fsp3) is 0.158. The second kappa shape index (κ2) is 8.41. The third-order valence-corrected chi connectivity index (χ3v) is 5.53. The number of sulfonamides is 1. The van der Waals surface area contributed by atoms with E-state index in [9.17, 15) is 8.42 Å². The van der Waals surface area contributed by atoms with E-state index in [1.807, 2.05) is 37.3 Å².